The minimum Gasteiger partial charge on any atom is -0.381 e. The Morgan fingerprint density at radius 3 is 2.44 bits per heavy atom. The molecule has 1 saturated heterocycles. The highest BCUT2D eigenvalue weighted by molar-refractivity contribution is 7.89. The number of benzene rings is 1. The molecule has 0 atom stereocenters. The lowest BCUT2D eigenvalue weighted by Crippen LogP contribution is -2.53. The van der Waals surface area contributed by atoms with Gasteiger partial charge < -0.3 is 10.1 Å². The summed E-state index contributed by atoms with van der Waals surface area (Å²) in [6.07, 6.45) is 8.50. The van der Waals surface area contributed by atoms with Crippen LogP contribution >= 0.6 is 0 Å². The normalized spacial score (nSPS) is 16.8. The number of nitrogens with one attached hydrogen (secondary N) is 2. The minimum atomic E-state index is -4.05. The van der Waals surface area contributed by atoms with Gasteiger partial charge in [-0.15, -0.1) is 4.98 Å². The fourth-order valence-electron chi connectivity index (χ4n) is 3.25. The number of imide groups is 1. The monoisotopic (exact) mass is 513 g/mol. The van der Waals surface area contributed by atoms with Crippen LogP contribution in [0.3, 0.4) is 0 Å². The minimum absolute atomic E-state index is 0.0869. The summed E-state index contributed by atoms with van der Waals surface area (Å²) in [6, 6.07) is 5.62. The van der Waals surface area contributed by atoms with E-state index in [1.54, 1.807) is 32.3 Å². The number of anilines is 2. The zero-order chi connectivity index (χ0) is 25.9. The van der Waals surface area contributed by atoms with Crippen molar-refractivity contribution in [2.24, 2.45) is 0 Å². The number of hydrogen-bond acceptors (Lipinski definition) is 10. The molecule has 1 fully saturated rings. The van der Waals surface area contributed by atoms with Gasteiger partial charge in [-0.1, -0.05) is 6.08 Å². The Labute approximate surface area is 207 Å². The van der Waals surface area contributed by atoms with Crippen LogP contribution in [0, 0.1) is 6.42 Å². The molecule has 3 amide bonds. The third-order valence-corrected chi connectivity index (χ3v) is 7.05. The SMILES string of the molecule is C[N+](C)(C(=O)OC1=CC[CH]C=C1)c1ncnc(Nc2ccc(S(=O)(=O)N3CC(=O)NC(=O)C3)cc2)n1. The Morgan fingerprint density at radius 1 is 1.11 bits per heavy atom. The predicted octanol–water partition coefficient (Wildman–Crippen LogP) is 1.01. The molecule has 2 N–H and O–H groups in total. The Kier molecular flexibility index (Phi) is 6.92. The first-order valence-electron chi connectivity index (χ1n) is 10.7. The van der Waals surface area contributed by atoms with Gasteiger partial charge in [-0.3, -0.25) is 14.9 Å². The summed E-state index contributed by atoms with van der Waals surface area (Å²) >= 11 is 0. The number of hydrogen-bond donors (Lipinski definition) is 2. The molecule has 187 valence electrons. The maximum absolute atomic E-state index is 12.8. The second-order valence-electron chi connectivity index (χ2n) is 8.26. The molecular formula is C22H23N7O6S+. The van der Waals surface area contributed by atoms with Gasteiger partial charge in [0.05, 0.1) is 32.1 Å². The molecule has 1 aromatic carbocycles. The first-order valence-corrected chi connectivity index (χ1v) is 12.2. The molecule has 0 spiro atoms. The fraction of sp³-hybridized carbons (Fsp3) is 0.227. The van der Waals surface area contributed by atoms with Gasteiger partial charge in [0, 0.05) is 5.69 Å². The number of allylic oxidation sites excluding steroid dienone is 3. The summed E-state index contributed by atoms with van der Waals surface area (Å²) in [5.41, 5.74) is 0.459. The van der Waals surface area contributed by atoms with E-state index in [-0.39, 0.29) is 16.8 Å². The van der Waals surface area contributed by atoms with E-state index in [1.165, 1.54) is 30.6 Å². The van der Waals surface area contributed by atoms with E-state index in [9.17, 15) is 22.8 Å². The molecule has 0 unspecified atom stereocenters. The van der Waals surface area contributed by atoms with Crippen LogP contribution in [0.4, 0.5) is 22.4 Å². The fourth-order valence-corrected chi connectivity index (χ4v) is 4.60. The lowest BCUT2D eigenvalue weighted by atomic mass is 10.2. The summed E-state index contributed by atoms with van der Waals surface area (Å²) < 4.78 is 31.4. The average Bonchev–Trinajstić information content (AvgIpc) is 2.84. The summed E-state index contributed by atoms with van der Waals surface area (Å²) in [5, 5.41) is 4.99. The van der Waals surface area contributed by atoms with E-state index >= 15 is 0 Å². The second kappa shape index (κ2) is 9.93. The number of rotatable bonds is 6. The lowest BCUT2D eigenvalue weighted by Gasteiger charge is -2.24. The molecule has 2 heterocycles. The molecule has 1 aliphatic carbocycles. The first kappa shape index (κ1) is 25.1. The largest absolute Gasteiger partial charge is 0.528 e. The molecule has 4 rings (SSSR count). The summed E-state index contributed by atoms with van der Waals surface area (Å²) in [6.45, 7) is -0.881. The topological polar surface area (TPSA) is 161 Å². The number of carbonyl (C=O) groups excluding carboxylic acids is 3. The van der Waals surface area contributed by atoms with E-state index < -0.39 is 45.5 Å². The van der Waals surface area contributed by atoms with Gasteiger partial charge in [0.1, 0.15) is 12.1 Å². The standard InChI is InChI=1S/C22H22N7O6S/c1-29(2,22(32)35-16-6-4-3-5-7-16)21-24-14-23-20(27-21)25-15-8-10-17(11-9-15)36(33,34)28-12-18(30)26-19(31)13-28/h3-4,6-11,14H,5,12-13H2,1-2H3,(H-,23,24,25,26,27,30,31)/p+1. The van der Waals surface area contributed by atoms with Crippen LogP contribution in [0.2, 0.25) is 0 Å². The zero-order valence-corrected chi connectivity index (χ0v) is 20.2. The summed E-state index contributed by atoms with van der Waals surface area (Å²) in [7, 11) is -0.897. The Balaban J connectivity index is 1.47. The molecule has 1 aliphatic heterocycles. The third-order valence-electron chi connectivity index (χ3n) is 5.24. The first-order chi connectivity index (χ1) is 17.1. The third kappa shape index (κ3) is 5.45. The van der Waals surface area contributed by atoms with Crippen LogP contribution < -0.4 is 15.1 Å². The van der Waals surface area contributed by atoms with Crippen LogP contribution in [0.15, 0.2) is 59.5 Å². The van der Waals surface area contributed by atoms with Crippen LogP contribution in [0.1, 0.15) is 6.42 Å². The van der Waals surface area contributed by atoms with Crippen LogP contribution in [0.25, 0.3) is 0 Å². The number of ether oxygens (including phenoxy) is 1. The smallest absolute Gasteiger partial charge is 0.381 e. The number of sulfonamides is 1. The second-order valence-corrected chi connectivity index (χ2v) is 10.2. The van der Waals surface area contributed by atoms with Crippen molar-refractivity contribution in [3.8, 4) is 0 Å². The number of piperazine rings is 1. The summed E-state index contributed by atoms with van der Waals surface area (Å²) in [5.74, 6) is -0.689. The van der Waals surface area contributed by atoms with E-state index in [2.05, 4.69) is 25.6 Å². The molecule has 36 heavy (non-hydrogen) atoms. The molecule has 2 aliphatic rings. The lowest BCUT2D eigenvalue weighted by molar-refractivity contribution is -0.134. The Morgan fingerprint density at radius 2 is 1.81 bits per heavy atom. The van der Waals surface area contributed by atoms with Crippen molar-refractivity contribution in [2.75, 3.05) is 32.5 Å². The Hall–Kier alpha value is -4.01. The van der Waals surface area contributed by atoms with Crippen molar-refractivity contribution in [3.63, 3.8) is 0 Å². The summed E-state index contributed by atoms with van der Waals surface area (Å²) in [4.78, 5) is 48.2. The van der Waals surface area contributed by atoms with Gasteiger partial charge in [0.2, 0.25) is 27.8 Å². The van der Waals surface area contributed by atoms with Crippen LogP contribution in [-0.4, -0.2) is 72.8 Å². The van der Waals surface area contributed by atoms with E-state index in [4.69, 9.17) is 4.74 Å². The van der Waals surface area contributed by atoms with E-state index in [0.717, 1.165) is 4.31 Å². The molecule has 1 radical (unpaired) electrons. The molecule has 14 heteroatoms. The van der Waals surface area contributed by atoms with Crippen molar-refractivity contribution >= 4 is 45.5 Å². The van der Waals surface area contributed by atoms with Gasteiger partial charge in [-0.25, -0.2) is 13.4 Å². The molecule has 0 saturated carbocycles. The van der Waals surface area contributed by atoms with Gasteiger partial charge >= 0.3 is 12.0 Å². The van der Waals surface area contributed by atoms with E-state index in [1.807, 2.05) is 6.42 Å². The zero-order valence-electron chi connectivity index (χ0n) is 19.4. The maximum Gasteiger partial charge on any atom is 0.528 e. The van der Waals surface area contributed by atoms with Crippen molar-refractivity contribution < 1.29 is 27.5 Å². The Bertz CT molecular complexity index is 1350. The van der Waals surface area contributed by atoms with Crippen LogP contribution in [-0.2, 0) is 24.3 Å². The highest BCUT2D eigenvalue weighted by atomic mass is 32.2. The quantitative estimate of drug-likeness (QED) is 0.421. The molecule has 0 bridgehead atoms. The van der Waals surface area contributed by atoms with Gasteiger partial charge in [0.25, 0.3) is 0 Å². The number of carbonyl (C=O) groups is 3. The number of nitrogens with zero attached hydrogens (tertiary/aromatic N) is 5. The van der Waals surface area contributed by atoms with Gasteiger partial charge in [-0.2, -0.15) is 18.6 Å². The van der Waals surface area contributed by atoms with Crippen molar-refractivity contribution in [1.82, 2.24) is 29.1 Å². The van der Waals surface area contributed by atoms with E-state index in [0.29, 0.717) is 17.9 Å². The maximum atomic E-state index is 12.8. The predicted molar refractivity (Wildman–Crippen MR) is 128 cm³/mol. The average molecular weight is 514 g/mol. The molecule has 13 nitrogen and oxygen atoms in total. The number of amides is 3. The van der Waals surface area contributed by atoms with Crippen molar-refractivity contribution in [1.29, 1.82) is 0 Å². The molecule has 1 aromatic heterocycles. The highest BCUT2D eigenvalue weighted by Gasteiger charge is 2.36. The number of quaternary nitrogens is 1. The number of aromatic nitrogens is 3. The van der Waals surface area contributed by atoms with Crippen LogP contribution in [0.5, 0.6) is 0 Å². The highest BCUT2D eigenvalue weighted by Crippen LogP contribution is 2.23. The van der Waals surface area contributed by atoms with Gasteiger partial charge in [-0.05, 0) is 49.3 Å². The van der Waals surface area contributed by atoms with Crippen molar-refractivity contribution in [2.45, 2.75) is 11.3 Å². The van der Waals surface area contributed by atoms with Gasteiger partial charge in [0.15, 0.2) is 0 Å². The molecular weight excluding hydrogens is 490 g/mol. The molecule has 2 aromatic rings. The van der Waals surface area contributed by atoms with Crippen molar-refractivity contribution in [3.05, 3.63) is 61.0 Å².